The van der Waals surface area contributed by atoms with Crippen molar-refractivity contribution in [1.82, 2.24) is 0 Å². The number of hydrogen-bond donors (Lipinski definition) is 1. The molecule has 1 atom stereocenters. The minimum absolute atomic E-state index is 0.465. The Bertz CT molecular complexity index is 593. The summed E-state index contributed by atoms with van der Waals surface area (Å²) in [6.07, 6.45) is -0.691. The fraction of sp³-hybridized carbons (Fsp3) is 0.333. The van der Waals surface area contributed by atoms with Crippen LogP contribution in [0.2, 0.25) is 0 Å². The quantitative estimate of drug-likeness (QED) is 0.827. The number of aliphatic hydroxyl groups is 1. The molecule has 0 heterocycles. The summed E-state index contributed by atoms with van der Waals surface area (Å²) < 4.78 is 10.7. The Morgan fingerprint density at radius 2 is 1.67 bits per heavy atom. The Balaban J connectivity index is 2.30. The lowest BCUT2D eigenvalue weighted by molar-refractivity contribution is 0.142. The fourth-order valence-corrected chi connectivity index (χ4v) is 2.31. The summed E-state index contributed by atoms with van der Waals surface area (Å²) in [4.78, 5) is 0. The molecule has 0 saturated heterocycles. The largest absolute Gasteiger partial charge is 0.491 e. The first-order chi connectivity index (χ1) is 10.1. The van der Waals surface area contributed by atoms with Gasteiger partial charge in [0.25, 0.3) is 0 Å². The van der Waals surface area contributed by atoms with E-state index in [1.807, 2.05) is 56.3 Å². The summed E-state index contributed by atoms with van der Waals surface area (Å²) >= 11 is 0. The number of methoxy groups -OCH3 is 1. The average molecular weight is 286 g/mol. The van der Waals surface area contributed by atoms with Crippen molar-refractivity contribution in [2.45, 2.75) is 20.0 Å². The van der Waals surface area contributed by atoms with Gasteiger partial charge in [-0.1, -0.05) is 36.4 Å². The molecule has 2 aromatic rings. The van der Waals surface area contributed by atoms with E-state index in [0.717, 1.165) is 16.7 Å². The maximum Gasteiger partial charge on any atom is 0.125 e. The van der Waals surface area contributed by atoms with Crippen molar-refractivity contribution in [1.29, 1.82) is 0 Å². The van der Waals surface area contributed by atoms with Gasteiger partial charge in [-0.15, -0.1) is 0 Å². The summed E-state index contributed by atoms with van der Waals surface area (Å²) in [6.45, 7) is 5.07. The minimum atomic E-state index is -0.691. The van der Waals surface area contributed by atoms with Crippen LogP contribution in [-0.2, 0) is 4.74 Å². The topological polar surface area (TPSA) is 38.7 Å². The lowest BCUT2D eigenvalue weighted by Crippen LogP contribution is -2.09. The number of rotatable bonds is 6. The molecule has 3 heteroatoms. The van der Waals surface area contributed by atoms with Gasteiger partial charge in [0.1, 0.15) is 18.5 Å². The van der Waals surface area contributed by atoms with Gasteiger partial charge in [-0.3, -0.25) is 0 Å². The van der Waals surface area contributed by atoms with Crippen LogP contribution in [0.15, 0.2) is 42.5 Å². The molecule has 0 aliphatic rings. The van der Waals surface area contributed by atoms with E-state index in [1.54, 1.807) is 7.11 Å². The smallest absolute Gasteiger partial charge is 0.125 e. The highest BCUT2D eigenvalue weighted by atomic mass is 16.5. The first kappa shape index (κ1) is 15.5. The van der Waals surface area contributed by atoms with Crippen LogP contribution >= 0.6 is 0 Å². The van der Waals surface area contributed by atoms with Crippen LogP contribution in [0.5, 0.6) is 5.75 Å². The summed E-state index contributed by atoms with van der Waals surface area (Å²) in [5, 5.41) is 10.7. The molecule has 0 spiro atoms. The summed E-state index contributed by atoms with van der Waals surface area (Å²) in [5.41, 5.74) is 3.97. The lowest BCUT2D eigenvalue weighted by atomic mass is 9.94. The Labute approximate surface area is 126 Å². The van der Waals surface area contributed by atoms with Crippen molar-refractivity contribution in [3.05, 3.63) is 64.7 Å². The van der Waals surface area contributed by atoms with E-state index < -0.39 is 6.10 Å². The molecule has 0 saturated carbocycles. The number of ether oxygens (including phenoxy) is 2. The third-order valence-electron chi connectivity index (χ3n) is 3.70. The Morgan fingerprint density at radius 3 is 2.43 bits per heavy atom. The normalized spacial score (nSPS) is 12.2. The molecule has 112 valence electrons. The van der Waals surface area contributed by atoms with Crippen molar-refractivity contribution in [2.75, 3.05) is 20.3 Å². The first-order valence-corrected chi connectivity index (χ1v) is 7.10. The highest BCUT2D eigenvalue weighted by Crippen LogP contribution is 2.32. The molecule has 0 radical (unpaired) electrons. The standard InChI is InChI=1S/C18H22O3/c1-13-7-6-9-15(14(13)2)18(19)16-8-4-5-10-17(16)21-12-11-20-3/h4-10,18-19H,11-12H2,1-3H3. The number of benzene rings is 2. The highest BCUT2D eigenvalue weighted by molar-refractivity contribution is 5.44. The van der Waals surface area contributed by atoms with Crippen LogP contribution in [0.25, 0.3) is 0 Å². The predicted octanol–water partition coefficient (Wildman–Crippen LogP) is 3.41. The van der Waals surface area contributed by atoms with E-state index in [4.69, 9.17) is 9.47 Å². The summed E-state index contributed by atoms with van der Waals surface area (Å²) in [5.74, 6) is 0.697. The molecule has 1 unspecified atom stereocenters. The molecule has 0 amide bonds. The van der Waals surface area contributed by atoms with Crippen molar-refractivity contribution < 1.29 is 14.6 Å². The van der Waals surface area contributed by atoms with Gasteiger partial charge in [0.05, 0.1) is 6.61 Å². The second-order valence-corrected chi connectivity index (χ2v) is 5.07. The highest BCUT2D eigenvalue weighted by Gasteiger charge is 2.17. The molecular weight excluding hydrogens is 264 g/mol. The average Bonchev–Trinajstić information content (AvgIpc) is 2.50. The molecule has 2 rings (SSSR count). The van der Waals surface area contributed by atoms with Crippen LogP contribution < -0.4 is 4.74 Å². The van der Waals surface area contributed by atoms with Crippen molar-refractivity contribution in [2.24, 2.45) is 0 Å². The molecule has 0 aromatic heterocycles. The number of aryl methyl sites for hydroxylation is 1. The van der Waals surface area contributed by atoms with Crippen molar-refractivity contribution >= 4 is 0 Å². The molecule has 0 aliphatic heterocycles. The summed E-state index contributed by atoms with van der Waals surface area (Å²) in [7, 11) is 1.64. The van der Waals surface area contributed by atoms with Crippen LogP contribution in [0.1, 0.15) is 28.4 Å². The van der Waals surface area contributed by atoms with Gasteiger partial charge in [0.2, 0.25) is 0 Å². The molecule has 2 aromatic carbocycles. The van der Waals surface area contributed by atoms with E-state index in [2.05, 4.69) is 0 Å². The van der Waals surface area contributed by atoms with Crippen LogP contribution in [0, 0.1) is 13.8 Å². The van der Waals surface area contributed by atoms with Gasteiger partial charge < -0.3 is 14.6 Å². The third-order valence-corrected chi connectivity index (χ3v) is 3.70. The monoisotopic (exact) mass is 286 g/mol. The predicted molar refractivity (Wildman–Crippen MR) is 83.8 cm³/mol. The molecule has 21 heavy (non-hydrogen) atoms. The lowest BCUT2D eigenvalue weighted by Gasteiger charge is -2.19. The van der Waals surface area contributed by atoms with E-state index in [0.29, 0.717) is 19.0 Å². The van der Waals surface area contributed by atoms with E-state index in [1.165, 1.54) is 5.56 Å². The zero-order valence-electron chi connectivity index (χ0n) is 12.8. The molecular formula is C18H22O3. The van der Waals surface area contributed by atoms with Crippen molar-refractivity contribution in [3.8, 4) is 5.75 Å². The van der Waals surface area contributed by atoms with E-state index >= 15 is 0 Å². The second-order valence-electron chi connectivity index (χ2n) is 5.07. The molecule has 3 nitrogen and oxygen atoms in total. The van der Waals surface area contributed by atoms with Gasteiger partial charge in [-0.05, 0) is 36.6 Å². The van der Waals surface area contributed by atoms with Crippen LogP contribution in [-0.4, -0.2) is 25.4 Å². The van der Waals surface area contributed by atoms with E-state index in [9.17, 15) is 5.11 Å². The van der Waals surface area contributed by atoms with Crippen molar-refractivity contribution in [3.63, 3.8) is 0 Å². The molecule has 0 aliphatic carbocycles. The molecule has 1 N–H and O–H groups in total. The third kappa shape index (κ3) is 3.63. The Kier molecular flexibility index (Phi) is 5.37. The SMILES string of the molecule is COCCOc1ccccc1C(O)c1cccc(C)c1C. The molecule has 0 bridgehead atoms. The van der Waals surface area contributed by atoms with Crippen LogP contribution in [0.4, 0.5) is 0 Å². The zero-order valence-corrected chi connectivity index (χ0v) is 12.8. The Hall–Kier alpha value is -1.84. The van der Waals surface area contributed by atoms with Crippen LogP contribution in [0.3, 0.4) is 0 Å². The first-order valence-electron chi connectivity index (χ1n) is 7.10. The number of aliphatic hydroxyl groups excluding tert-OH is 1. The minimum Gasteiger partial charge on any atom is -0.491 e. The fourth-order valence-electron chi connectivity index (χ4n) is 2.31. The number of hydrogen-bond acceptors (Lipinski definition) is 3. The Morgan fingerprint density at radius 1 is 0.952 bits per heavy atom. The van der Waals surface area contributed by atoms with E-state index in [-0.39, 0.29) is 0 Å². The van der Waals surface area contributed by atoms with Gasteiger partial charge >= 0.3 is 0 Å². The zero-order chi connectivity index (χ0) is 15.2. The van der Waals surface area contributed by atoms with Gasteiger partial charge in [-0.25, -0.2) is 0 Å². The number of para-hydroxylation sites is 1. The van der Waals surface area contributed by atoms with Gasteiger partial charge in [-0.2, -0.15) is 0 Å². The van der Waals surface area contributed by atoms with Gasteiger partial charge in [0.15, 0.2) is 0 Å². The molecule has 0 fully saturated rings. The second kappa shape index (κ2) is 7.25. The summed E-state index contributed by atoms with van der Waals surface area (Å²) in [6, 6.07) is 13.6. The maximum atomic E-state index is 10.7. The van der Waals surface area contributed by atoms with Gasteiger partial charge in [0, 0.05) is 12.7 Å². The maximum absolute atomic E-state index is 10.7.